The molecule has 0 unspecified atom stereocenters. The van der Waals surface area contributed by atoms with Crippen LogP contribution in [0.2, 0.25) is 0 Å². The number of anilines is 2. The molecule has 2 aliphatic rings. The third-order valence-electron chi connectivity index (χ3n) is 8.57. The highest BCUT2D eigenvalue weighted by atomic mass is 19.4. The van der Waals surface area contributed by atoms with Crippen molar-refractivity contribution in [3.05, 3.63) is 129 Å². The van der Waals surface area contributed by atoms with Crippen molar-refractivity contribution in [1.29, 1.82) is 0 Å². The number of halogens is 5. The van der Waals surface area contributed by atoms with Gasteiger partial charge in [-0.3, -0.25) is 14.9 Å². The van der Waals surface area contributed by atoms with Gasteiger partial charge in [0, 0.05) is 42.5 Å². The van der Waals surface area contributed by atoms with Crippen molar-refractivity contribution in [2.24, 2.45) is 0 Å². The van der Waals surface area contributed by atoms with Gasteiger partial charge in [-0.1, -0.05) is 43.3 Å². The fourth-order valence-electron chi connectivity index (χ4n) is 5.96. The topological polar surface area (TPSA) is 141 Å². The average molecular weight is 737 g/mol. The Labute approximate surface area is 299 Å². The predicted octanol–water partition coefficient (Wildman–Crippen LogP) is 7.89. The SMILES string of the molecule is Cc1cc2ccc1[C@@H](C)COC(=O)Nc1ccc(-c3c(F)cccc3F)c(c1)CN(C)C(=O)[C@@H]2Nc1ccc2cc[nH]c(=O)c2c1.O=C(O)C(F)(F)F. The number of carbonyl (C=O) groups is 3. The van der Waals surface area contributed by atoms with Crippen LogP contribution in [0.15, 0.2) is 89.9 Å². The molecule has 276 valence electrons. The van der Waals surface area contributed by atoms with Crippen molar-refractivity contribution in [2.45, 2.75) is 38.5 Å². The quantitative estimate of drug-likeness (QED) is 0.138. The first-order chi connectivity index (χ1) is 25.0. The van der Waals surface area contributed by atoms with E-state index in [0.29, 0.717) is 27.9 Å². The molecule has 2 amide bonds. The first-order valence-electron chi connectivity index (χ1n) is 16.1. The van der Waals surface area contributed by atoms with Crippen LogP contribution in [0.4, 0.5) is 38.1 Å². The fraction of sp³-hybridized carbons (Fsp3) is 0.211. The lowest BCUT2D eigenvalue weighted by atomic mass is 9.92. The van der Waals surface area contributed by atoms with Gasteiger partial charge in [0.2, 0.25) is 5.91 Å². The van der Waals surface area contributed by atoms with Crippen molar-refractivity contribution < 1.29 is 46.2 Å². The molecule has 5 aromatic rings. The van der Waals surface area contributed by atoms with E-state index in [9.17, 15) is 36.3 Å². The zero-order valence-electron chi connectivity index (χ0n) is 28.5. The van der Waals surface area contributed by atoms with Crippen molar-refractivity contribution in [2.75, 3.05) is 24.3 Å². The zero-order chi connectivity index (χ0) is 38.6. The van der Waals surface area contributed by atoms with Gasteiger partial charge in [-0.2, -0.15) is 13.2 Å². The van der Waals surface area contributed by atoms with E-state index in [-0.39, 0.29) is 41.7 Å². The third-order valence-corrected chi connectivity index (χ3v) is 8.57. The molecule has 1 aromatic heterocycles. The van der Waals surface area contributed by atoms with Gasteiger partial charge in [0.25, 0.3) is 5.56 Å². The van der Waals surface area contributed by atoms with Gasteiger partial charge >= 0.3 is 18.2 Å². The van der Waals surface area contributed by atoms with Gasteiger partial charge in [-0.25, -0.2) is 18.4 Å². The summed E-state index contributed by atoms with van der Waals surface area (Å²) in [5, 5.41) is 14.4. The molecule has 7 rings (SSSR count). The summed E-state index contributed by atoms with van der Waals surface area (Å²) in [6.45, 7) is 3.93. The van der Waals surface area contributed by atoms with Crippen LogP contribution in [0.5, 0.6) is 0 Å². The molecule has 15 heteroatoms. The van der Waals surface area contributed by atoms with E-state index in [1.54, 1.807) is 37.5 Å². The van der Waals surface area contributed by atoms with Crippen LogP contribution < -0.4 is 16.2 Å². The molecule has 0 radical (unpaired) electrons. The minimum absolute atomic E-state index is 0.0455. The van der Waals surface area contributed by atoms with Crippen molar-refractivity contribution in [3.8, 4) is 11.1 Å². The molecule has 4 bridgehead atoms. The summed E-state index contributed by atoms with van der Waals surface area (Å²) in [6, 6.07) is 20.2. The average Bonchev–Trinajstić information content (AvgIpc) is 3.09. The number of aryl methyl sites for hydroxylation is 1. The fourth-order valence-corrected chi connectivity index (χ4v) is 5.96. The van der Waals surface area contributed by atoms with Gasteiger partial charge in [0.1, 0.15) is 17.7 Å². The number of likely N-dealkylation sites (N-methyl/N-ethyl adjacent to an activating group) is 1. The number of pyridine rings is 1. The molecule has 10 nitrogen and oxygen atoms in total. The number of ether oxygens (including phenoxy) is 1. The number of alkyl halides is 3. The maximum Gasteiger partial charge on any atom is 0.490 e. The Bertz CT molecular complexity index is 2240. The molecule has 0 aliphatic carbocycles. The summed E-state index contributed by atoms with van der Waals surface area (Å²) in [4.78, 5) is 52.6. The number of nitrogens with zero attached hydrogens (tertiary/aromatic N) is 1. The van der Waals surface area contributed by atoms with Gasteiger partial charge in [-0.05, 0) is 82.6 Å². The van der Waals surface area contributed by atoms with E-state index in [1.807, 2.05) is 38.1 Å². The van der Waals surface area contributed by atoms with Crippen LogP contribution >= 0.6 is 0 Å². The molecule has 0 saturated heterocycles. The van der Waals surface area contributed by atoms with Gasteiger partial charge in [-0.15, -0.1) is 0 Å². The molecule has 2 aliphatic heterocycles. The van der Waals surface area contributed by atoms with E-state index in [1.165, 1.54) is 35.2 Å². The Balaban J connectivity index is 0.000000705. The minimum atomic E-state index is -5.08. The smallest absolute Gasteiger partial charge is 0.475 e. The van der Waals surface area contributed by atoms with Crippen LogP contribution in [0, 0.1) is 18.6 Å². The second kappa shape index (κ2) is 15.6. The molecule has 2 atom stereocenters. The number of carboxylic acid groups (broad SMARTS) is 1. The molecule has 0 spiro atoms. The summed E-state index contributed by atoms with van der Waals surface area (Å²) in [7, 11) is 1.60. The van der Waals surface area contributed by atoms with Crippen LogP contribution in [0.25, 0.3) is 21.9 Å². The summed E-state index contributed by atoms with van der Waals surface area (Å²) in [5.74, 6) is -4.74. The Morgan fingerprint density at radius 1 is 0.962 bits per heavy atom. The number of aliphatic carboxylic acids is 1. The molecule has 4 aromatic carbocycles. The number of benzene rings is 4. The second-order valence-corrected chi connectivity index (χ2v) is 12.4. The Morgan fingerprint density at radius 2 is 1.66 bits per heavy atom. The lowest BCUT2D eigenvalue weighted by molar-refractivity contribution is -0.192. The summed E-state index contributed by atoms with van der Waals surface area (Å²) in [6.07, 6.45) is -4.18. The van der Waals surface area contributed by atoms with E-state index in [2.05, 4.69) is 15.6 Å². The first kappa shape index (κ1) is 38.0. The summed E-state index contributed by atoms with van der Waals surface area (Å²) >= 11 is 0. The normalized spacial score (nSPS) is 16.3. The highest BCUT2D eigenvalue weighted by Crippen LogP contribution is 2.34. The highest BCUT2D eigenvalue weighted by molar-refractivity contribution is 5.90. The number of hydrogen-bond acceptors (Lipinski definition) is 6. The predicted molar refractivity (Wildman–Crippen MR) is 187 cm³/mol. The number of aromatic amines is 1. The van der Waals surface area contributed by atoms with E-state index in [4.69, 9.17) is 14.6 Å². The number of nitrogens with one attached hydrogen (secondary N) is 3. The summed E-state index contributed by atoms with van der Waals surface area (Å²) in [5.41, 5.74) is 3.59. The van der Waals surface area contributed by atoms with Crippen LogP contribution in [-0.2, 0) is 20.9 Å². The van der Waals surface area contributed by atoms with Crippen molar-refractivity contribution in [1.82, 2.24) is 9.88 Å². The van der Waals surface area contributed by atoms with Gasteiger partial charge in [0.15, 0.2) is 0 Å². The van der Waals surface area contributed by atoms with Crippen LogP contribution in [-0.4, -0.2) is 52.8 Å². The molecule has 0 fully saturated rings. The number of carboxylic acids is 1. The number of amides is 2. The van der Waals surface area contributed by atoms with E-state index < -0.39 is 35.9 Å². The summed E-state index contributed by atoms with van der Waals surface area (Å²) < 4.78 is 67.2. The molecule has 3 heterocycles. The number of H-pyrrole nitrogens is 1. The number of hydrogen-bond donors (Lipinski definition) is 4. The van der Waals surface area contributed by atoms with E-state index in [0.717, 1.165) is 16.5 Å². The second-order valence-electron chi connectivity index (χ2n) is 12.4. The lowest BCUT2D eigenvalue weighted by Crippen LogP contribution is -2.35. The standard InChI is InChI=1S/C36H32F2N4O4.C2HF3O2/c1-20-15-23-8-11-27(20)21(2)19-46-36(45)41-25-10-12-28(32-30(37)5-4-6-31(32)38)24(16-25)18-42(3)35(44)33(23)40-26-9-7-22-13-14-39-34(43)29(22)17-26;3-2(4,5)1(6)7/h4-17,21,33,40H,18-19H2,1-3H3,(H,39,43)(H,41,45);(H,6,7)/t21-,33+;/m0./s1. The number of rotatable bonds is 3. The Hall–Kier alpha value is -6.25. The molecular weight excluding hydrogens is 703 g/mol. The minimum Gasteiger partial charge on any atom is -0.475 e. The highest BCUT2D eigenvalue weighted by Gasteiger charge is 2.38. The third kappa shape index (κ3) is 8.80. The Morgan fingerprint density at radius 3 is 2.32 bits per heavy atom. The maximum atomic E-state index is 15.0. The number of carbonyl (C=O) groups excluding carboxylic acids is 2. The van der Waals surface area contributed by atoms with Crippen molar-refractivity contribution in [3.63, 3.8) is 0 Å². The van der Waals surface area contributed by atoms with Crippen LogP contribution in [0.1, 0.15) is 41.1 Å². The number of aromatic nitrogens is 1. The molecular formula is C38H33F5N4O6. The van der Waals surface area contributed by atoms with E-state index >= 15 is 0 Å². The number of fused-ring (bicyclic) bond motifs is 10. The molecule has 4 N–H and O–H groups in total. The lowest BCUT2D eigenvalue weighted by Gasteiger charge is -2.28. The van der Waals surface area contributed by atoms with Gasteiger partial charge in [0.05, 0.1) is 12.2 Å². The molecule has 0 saturated carbocycles. The van der Waals surface area contributed by atoms with Crippen LogP contribution in [0.3, 0.4) is 0 Å². The van der Waals surface area contributed by atoms with Gasteiger partial charge < -0.3 is 25.0 Å². The largest absolute Gasteiger partial charge is 0.490 e. The molecule has 53 heavy (non-hydrogen) atoms. The maximum absolute atomic E-state index is 15.0. The van der Waals surface area contributed by atoms with Crippen molar-refractivity contribution >= 4 is 40.1 Å². The monoisotopic (exact) mass is 736 g/mol. The zero-order valence-corrected chi connectivity index (χ0v) is 28.5. The first-order valence-corrected chi connectivity index (χ1v) is 16.1. The Kier molecular flexibility index (Phi) is 11.1.